The van der Waals surface area contributed by atoms with Crippen molar-refractivity contribution in [1.82, 2.24) is 23.9 Å². The van der Waals surface area contributed by atoms with Crippen molar-refractivity contribution >= 4 is 27.5 Å². The zero-order valence-corrected chi connectivity index (χ0v) is 19.2. The Hall–Kier alpha value is -3.53. The average Bonchev–Trinajstić information content (AvgIpc) is 3.25. The maximum absolute atomic E-state index is 12.9. The summed E-state index contributed by atoms with van der Waals surface area (Å²) < 4.78 is 4.18. The van der Waals surface area contributed by atoms with Gasteiger partial charge in [-0.2, -0.15) is 5.10 Å². The number of nitrogens with zero attached hydrogens (tertiary/aromatic N) is 5. The molecule has 0 unspecified atom stereocenters. The molecule has 0 aliphatic rings. The number of pyridine rings is 1. The van der Waals surface area contributed by atoms with Crippen LogP contribution in [0.4, 0.5) is 0 Å². The van der Waals surface area contributed by atoms with Crippen LogP contribution in [0.2, 0.25) is 0 Å². The van der Waals surface area contributed by atoms with E-state index in [1.807, 2.05) is 45.9 Å². The van der Waals surface area contributed by atoms with Gasteiger partial charge in [-0.1, -0.05) is 6.07 Å². The summed E-state index contributed by atoms with van der Waals surface area (Å²) in [6.45, 7) is 7.42. The van der Waals surface area contributed by atoms with Gasteiger partial charge in [0.1, 0.15) is 4.83 Å². The number of rotatable bonds is 5. The van der Waals surface area contributed by atoms with Crippen LogP contribution >= 0.6 is 11.3 Å². The molecule has 0 aliphatic heterocycles. The fourth-order valence-electron chi connectivity index (χ4n) is 3.94. The molecule has 0 spiro atoms. The van der Waals surface area contributed by atoms with Gasteiger partial charge in [-0.25, -0.2) is 19.3 Å². The summed E-state index contributed by atoms with van der Waals surface area (Å²) in [6, 6.07) is 5.30. The lowest BCUT2D eigenvalue weighted by Gasteiger charge is -2.12. The smallest absolute Gasteiger partial charge is 0.337 e. The SMILES string of the molecule is Cc1nn(-c2ccccn2)c(C)c1Cc1sc2c(c1C(=O)O)c(=O)n(C)c(=O)n2C(C)C. The van der Waals surface area contributed by atoms with E-state index in [0.717, 1.165) is 21.5 Å². The van der Waals surface area contributed by atoms with Gasteiger partial charge in [-0.15, -0.1) is 11.3 Å². The Labute approximate surface area is 187 Å². The van der Waals surface area contributed by atoms with Crippen molar-refractivity contribution < 1.29 is 9.90 Å². The molecule has 0 atom stereocenters. The molecule has 4 heterocycles. The monoisotopic (exact) mass is 453 g/mol. The quantitative estimate of drug-likeness (QED) is 0.497. The molecule has 4 aromatic rings. The molecule has 0 radical (unpaired) electrons. The second-order valence-electron chi connectivity index (χ2n) is 7.92. The van der Waals surface area contributed by atoms with Gasteiger partial charge in [0.05, 0.1) is 16.6 Å². The Morgan fingerprint density at radius 3 is 2.53 bits per heavy atom. The van der Waals surface area contributed by atoms with Crippen molar-refractivity contribution in [2.24, 2.45) is 7.05 Å². The van der Waals surface area contributed by atoms with Gasteiger partial charge >= 0.3 is 11.7 Å². The van der Waals surface area contributed by atoms with Crippen LogP contribution in [0.5, 0.6) is 0 Å². The van der Waals surface area contributed by atoms with Crippen LogP contribution in [0.1, 0.15) is 52.1 Å². The normalized spacial score (nSPS) is 11.6. The Morgan fingerprint density at radius 1 is 1.22 bits per heavy atom. The number of fused-ring (bicyclic) bond motifs is 1. The van der Waals surface area contributed by atoms with E-state index < -0.39 is 17.2 Å². The topological polar surface area (TPSA) is 112 Å². The molecule has 9 nitrogen and oxygen atoms in total. The first kappa shape index (κ1) is 21.7. The Balaban J connectivity index is 1.97. The summed E-state index contributed by atoms with van der Waals surface area (Å²) in [5.74, 6) is -0.526. The molecular weight excluding hydrogens is 430 g/mol. The maximum atomic E-state index is 12.9. The van der Waals surface area contributed by atoms with Gasteiger partial charge in [0.25, 0.3) is 5.56 Å². The van der Waals surface area contributed by atoms with E-state index in [1.165, 1.54) is 23.0 Å². The minimum atomic E-state index is -1.19. The summed E-state index contributed by atoms with van der Waals surface area (Å²) in [4.78, 5) is 43.1. The van der Waals surface area contributed by atoms with Gasteiger partial charge in [-0.3, -0.25) is 13.9 Å². The minimum absolute atomic E-state index is 0.0515. The van der Waals surface area contributed by atoms with Crippen molar-refractivity contribution in [3.8, 4) is 5.82 Å². The molecule has 0 fully saturated rings. The summed E-state index contributed by atoms with van der Waals surface area (Å²) in [6.07, 6.45) is 1.96. The van der Waals surface area contributed by atoms with Gasteiger partial charge < -0.3 is 5.11 Å². The summed E-state index contributed by atoms with van der Waals surface area (Å²) >= 11 is 1.18. The lowest BCUT2D eigenvalue weighted by Crippen LogP contribution is -2.38. The molecule has 0 bridgehead atoms. The molecule has 0 saturated heterocycles. The van der Waals surface area contributed by atoms with Crippen molar-refractivity contribution in [1.29, 1.82) is 0 Å². The number of carboxylic acid groups (broad SMARTS) is 1. The van der Waals surface area contributed by atoms with Crippen molar-refractivity contribution in [2.45, 2.75) is 40.2 Å². The zero-order valence-electron chi connectivity index (χ0n) is 18.4. The number of aromatic carboxylic acids is 1. The van der Waals surface area contributed by atoms with E-state index in [2.05, 4.69) is 10.1 Å². The van der Waals surface area contributed by atoms with Crippen LogP contribution in [0.25, 0.3) is 16.0 Å². The maximum Gasteiger partial charge on any atom is 0.337 e. The first-order valence-corrected chi connectivity index (χ1v) is 10.9. The van der Waals surface area contributed by atoms with Gasteiger partial charge in [0.2, 0.25) is 0 Å². The lowest BCUT2D eigenvalue weighted by molar-refractivity contribution is 0.0698. The van der Waals surface area contributed by atoms with E-state index in [-0.39, 0.29) is 23.4 Å². The molecule has 4 rings (SSSR count). The van der Waals surface area contributed by atoms with E-state index in [9.17, 15) is 19.5 Å². The standard InChI is InChI=1S/C22H23N5O4S/c1-11(2)26-20-18(19(28)25(5)22(26)31)17(21(29)30)15(32-20)10-14-12(3)24-27(13(14)4)16-8-6-7-9-23-16/h6-9,11H,10H2,1-5H3,(H,29,30). The molecule has 0 aromatic carbocycles. The zero-order chi connectivity index (χ0) is 23.3. The number of carbonyl (C=O) groups is 1. The second-order valence-corrected chi connectivity index (χ2v) is 9.01. The molecule has 10 heteroatoms. The van der Waals surface area contributed by atoms with Crippen LogP contribution in [-0.2, 0) is 13.5 Å². The summed E-state index contributed by atoms with van der Waals surface area (Å²) in [5.41, 5.74) is 1.33. The third kappa shape index (κ3) is 3.27. The number of carboxylic acids is 1. The van der Waals surface area contributed by atoms with E-state index in [4.69, 9.17) is 0 Å². The number of hydrogen-bond acceptors (Lipinski definition) is 6. The van der Waals surface area contributed by atoms with Crippen LogP contribution in [-0.4, -0.2) is 35.0 Å². The fourth-order valence-corrected chi connectivity index (χ4v) is 5.36. The fraction of sp³-hybridized carbons (Fsp3) is 0.318. The molecule has 4 aromatic heterocycles. The number of aromatic nitrogens is 5. The number of hydrogen-bond donors (Lipinski definition) is 1. The molecule has 0 amide bonds. The summed E-state index contributed by atoms with van der Waals surface area (Å²) in [5, 5.41) is 14.7. The molecule has 1 N–H and O–H groups in total. The number of aryl methyl sites for hydroxylation is 1. The highest BCUT2D eigenvalue weighted by Crippen LogP contribution is 2.33. The number of thiophene rings is 1. The van der Waals surface area contributed by atoms with Gasteiger partial charge in [-0.05, 0) is 39.8 Å². The largest absolute Gasteiger partial charge is 0.478 e. The van der Waals surface area contributed by atoms with Crippen LogP contribution in [0.3, 0.4) is 0 Å². The molecule has 0 aliphatic carbocycles. The molecule has 32 heavy (non-hydrogen) atoms. The van der Waals surface area contributed by atoms with Crippen molar-refractivity contribution in [3.05, 3.63) is 72.6 Å². The molecular formula is C22H23N5O4S. The Kier molecular flexibility index (Phi) is 5.33. The van der Waals surface area contributed by atoms with Crippen molar-refractivity contribution in [2.75, 3.05) is 0 Å². The van der Waals surface area contributed by atoms with Crippen LogP contribution in [0, 0.1) is 13.8 Å². The highest BCUT2D eigenvalue weighted by atomic mass is 32.1. The highest BCUT2D eigenvalue weighted by molar-refractivity contribution is 7.19. The predicted octanol–water partition coefficient (Wildman–Crippen LogP) is 2.83. The molecule has 166 valence electrons. The van der Waals surface area contributed by atoms with Crippen LogP contribution in [0.15, 0.2) is 34.0 Å². The van der Waals surface area contributed by atoms with Crippen LogP contribution < -0.4 is 11.2 Å². The third-order valence-corrected chi connectivity index (χ3v) is 6.76. The Morgan fingerprint density at radius 2 is 1.94 bits per heavy atom. The van der Waals surface area contributed by atoms with Gasteiger partial charge in [0, 0.05) is 41.8 Å². The summed E-state index contributed by atoms with van der Waals surface area (Å²) in [7, 11) is 1.37. The van der Waals surface area contributed by atoms with E-state index in [1.54, 1.807) is 10.9 Å². The highest BCUT2D eigenvalue weighted by Gasteiger charge is 2.27. The van der Waals surface area contributed by atoms with Gasteiger partial charge in [0.15, 0.2) is 5.82 Å². The van der Waals surface area contributed by atoms with E-state index in [0.29, 0.717) is 15.5 Å². The average molecular weight is 454 g/mol. The predicted molar refractivity (Wildman–Crippen MR) is 122 cm³/mol. The Bertz CT molecular complexity index is 1470. The molecule has 0 saturated carbocycles. The first-order chi connectivity index (χ1) is 15.1. The van der Waals surface area contributed by atoms with E-state index >= 15 is 0 Å². The third-order valence-electron chi connectivity index (χ3n) is 5.57. The lowest BCUT2D eigenvalue weighted by atomic mass is 10.0. The first-order valence-electron chi connectivity index (χ1n) is 10.1. The van der Waals surface area contributed by atoms with Crippen molar-refractivity contribution in [3.63, 3.8) is 0 Å². The second kappa shape index (κ2) is 7.86. The minimum Gasteiger partial charge on any atom is -0.478 e.